The van der Waals surface area contributed by atoms with E-state index in [1.54, 1.807) is 12.1 Å². The Hall–Kier alpha value is -2.57. The van der Waals surface area contributed by atoms with Crippen LogP contribution in [-0.2, 0) is 9.59 Å². The molecule has 7 heteroatoms. The number of aromatic carboxylic acids is 1. The van der Waals surface area contributed by atoms with Gasteiger partial charge in [-0.3, -0.25) is 9.59 Å². The van der Waals surface area contributed by atoms with E-state index < -0.39 is 12.0 Å². The van der Waals surface area contributed by atoms with Gasteiger partial charge in [-0.2, -0.15) is 0 Å². The van der Waals surface area contributed by atoms with Crippen LogP contribution in [0.25, 0.3) is 0 Å². The van der Waals surface area contributed by atoms with Crippen LogP contribution in [0, 0.1) is 0 Å². The topological polar surface area (TPSA) is 95.9 Å². The molecule has 0 spiro atoms. The average Bonchev–Trinajstić information content (AvgIpc) is 2.91. The van der Waals surface area contributed by atoms with Gasteiger partial charge in [0.25, 0.3) is 0 Å². The van der Waals surface area contributed by atoms with Gasteiger partial charge in [0, 0.05) is 6.42 Å². The summed E-state index contributed by atoms with van der Waals surface area (Å²) < 4.78 is 5.42. The van der Waals surface area contributed by atoms with E-state index in [0.717, 1.165) is 0 Å². The quantitative estimate of drug-likeness (QED) is 0.821. The van der Waals surface area contributed by atoms with Crippen molar-refractivity contribution in [3.63, 3.8) is 0 Å². The van der Waals surface area contributed by atoms with Gasteiger partial charge in [-0.05, 0) is 18.6 Å². The molecule has 3 rings (SSSR count). The van der Waals surface area contributed by atoms with Gasteiger partial charge < -0.3 is 20.1 Å². The first kappa shape index (κ1) is 13.4. The Labute approximate surface area is 120 Å². The van der Waals surface area contributed by atoms with Gasteiger partial charge in [0.15, 0.2) is 5.75 Å². The molecule has 2 amide bonds. The molecule has 0 aliphatic carbocycles. The van der Waals surface area contributed by atoms with E-state index in [0.29, 0.717) is 25.1 Å². The molecule has 0 saturated carbocycles. The van der Waals surface area contributed by atoms with E-state index in [4.69, 9.17) is 4.74 Å². The van der Waals surface area contributed by atoms with E-state index in [2.05, 4.69) is 5.32 Å². The summed E-state index contributed by atoms with van der Waals surface area (Å²) in [5, 5.41) is 11.8. The lowest BCUT2D eigenvalue weighted by molar-refractivity contribution is -0.124. The molecule has 1 aromatic rings. The number of nitrogens with zero attached hydrogens (tertiary/aromatic N) is 1. The molecule has 7 nitrogen and oxygen atoms in total. The first-order valence-electron chi connectivity index (χ1n) is 6.68. The molecule has 21 heavy (non-hydrogen) atoms. The Kier molecular flexibility index (Phi) is 3.25. The molecule has 0 unspecified atom stereocenters. The van der Waals surface area contributed by atoms with Gasteiger partial charge in [-0.1, -0.05) is 6.07 Å². The number of carboxylic acid groups (broad SMARTS) is 1. The summed E-state index contributed by atoms with van der Waals surface area (Å²) in [7, 11) is 0. The maximum atomic E-state index is 12.5. The minimum atomic E-state index is -1.10. The van der Waals surface area contributed by atoms with Crippen LogP contribution in [-0.4, -0.2) is 42.1 Å². The lowest BCUT2D eigenvalue weighted by Crippen LogP contribution is -2.47. The number of rotatable bonds is 2. The maximum absolute atomic E-state index is 12.5. The summed E-state index contributed by atoms with van der Waals surface area (Å²) >= 11 is 0. The molecule has 2 N–H and O–H groups in total. The lowest BCUT2D eigenvalue weighted by Gasteiger charge is -2.31. The molecule has 1 saturated heterocycles. The number of hydrogen-bond acceptors (Lipinski definition) is 4. The summed E-state index contributed by atoms with van der Waals surface area (Å²) in [6.07, 6.45) is 0.797. The molecule has 2 aliphatic heterocycles. The number of carboxylic acids is 1. The summed E-state index contributed by atoms with van der Waals surface area (Å²) in [4.78, 5) is 36.4. The van der Waals surface area contributed by atoms with Crippen molar-refractivity contribution in [1.82, 2.24) is 5.32 Å². The first-order chi connectivity index (χ1) is 10.1. The summed E-state index contributed by atoms with van der Waals surface area (Å²) in [5.41, 5.74) is 0.466. The zero-order valence-corrected chi connectivity index (χ0v) is 11.2. The zero-order valence-electron chi connectivity index (χ0n) is 11.2. The monoisotopic (exact) mass is 290 g/mol. The Bertz CT molecular complexity index is 628. The van der Waals surface area contributed by atoms with Gasteiger partial charge in [-0.15, -0.1) is 0 Å². The minimum absolute atomic E-state index is 0.0282. The standard InChI is InChI=1S/C14H14N2O5/c17-11-5-4-9(15-11)13(18)16-6-7-21-12-8(14(19)20)2-1-3-10(12)16/h1-3,9H,4-7H2,(H,15,17)(H,19,20)/t9-/m0/s1. The summed E-state index contributed by atoms with van der Waals surface area (Å²) in [6, 6.07) is 4.11. The number of hydrogen-bond donors (Lipinski definition) is 2. The molecule has 0 radical (unpaired) electrons. The number of carbonyl (C=O) groups is 3. The highest BCUT2D eigenvalue weighted by atomic mass is 16.5. The molecular weight excluding hydrogens is 276 g/mol. The highest BCUT2D eigenvalue weighted by Gasteiger charge is 2.34. The molecule has 0 bridgehead atoms. The Morgan fingerprint density at radius 1 is 1.38 bits per heavy atom. The second kappa shape index (κ2) is 5.08. The van der Waals surface area contributed by atoms with Crippen molar-refractivity contribution in [2.75, 3.05) is 18.1 Å². The third-order valence-electron chi connectivity index (χ3n) is 3.64. The molecule has 1 fully saturated rings. The van der Waals surface area contributed by atoms with Gasteiger partial charge in [0.2, 0.25) is 11.8 Å². The maximum Gasteiger partial charge on any atom is 0.339 e. The second-order valence-electron chi connectivity index (χ2n) is 4.96. The van der Waals surface area contributed by atoms with Crippen molar-refractivity contribution in [3.8, 4) is 5.75 Å². The van der Waals surface area contributed by atoms with Crippen LogP contribution in [0.15, 0.2) is 18.2 Å². The third-order valence-corrected chi connectivity index (χ3v) is 3.64. The van der Waals surface area contributed by atoms with Crippen LogP contribution < -0.4 is 15.0 Å². The van der Waals surface area contributed by atoms with Crippen molar-refractivity contribution >= 4 is 23.5 Å². The number of carbonyl (C=O) groups excluding carboxylic acids is 2. The molecule has 1 aromatic carbocycles. The van der Waals surface area contributed by atoms with E-state index in [-0.39, 0.29) is 29.7 Å². The van der Waals surface area contributed by atoms with Crippen molar-refractivity contribution in [2.24, 2.45) is 0 Å². The average molecular weight is 290 g/mol. The van der Waals surface area contributed by atoms with Crippen LogP contribution in [0.1, 0.15) is 23.2 Å². The van der Waals surface area contributed by atoms with Crippen molar-refractivity contribution in [3.05, 3.63) is 23.8 Å². The van der Waals surface area contributed by atoms with E-state index in [9.17, 15) is 19.5 Å². The van der Waals surface area contributed by atoms with Crippen LogP contribution in [0.5, 0.6) is 5.75 Å². The normalized spacial score (nSPS) is 20.5. The minimum Gasteiger partial charge on any atom is -0.489 e. The number of anilines is 1. The Morgan fingerprint density at radius 3 is 2.86 bits per heavy atom. The number of amides is 2. The number of benzene rings is 1. The van der Waals surface area contributed by atoms with Crippen LogP contribution in [0.3, 0.4) is 0 Å². The molecule has 0 aromatic heterocycles. The zero-order chi connectivity index (χ0) is 15.0. The SMILES string of the molecule is O=C1CC[C@@H](C(=O)N2CCOc3c(C(=O)O)cccc32)N1. The molecule has 110 valence electrons. The van der Waals surface area contributed by atoms with Gasteiger partial charge in [0.1, 0.15) is 18.2 Å². The van der Waals surface area contributed by atoms with Crippen LogP contribution >= 0.6 is 0 Å². The molecule has 2 heterocycles. The van der Waals surface area contributed by atoms with E-state index >= 15 is 0 Å². The van der Waals surface area contributed by atoms with Crippen molar-refractivity contribution in [2.45, 2.75) is 18.9 Å². The fraction of sp³-hybridized carbons (Fsp3) is 0.357. The number of nitrogens with one attached hydrogen (secondary N) is 1. The van der Waals surface area contributed by atoms with Crippen LogP contribution in [0.4, 0.5) is 5.69 Å². The third kappa shape index (κ3) is 2.31. The van der Waals surface area contributed by atoms with Gasteiger partial charge >= 0.3 is 5.97 Å². The molecular formula is C14H14N2O5. The van der Waals surface area contributed by atoms with Crippen molar-refractivity contribution < 1.29 is 24.2 Å². The molecule has 2 aliphatic rings. The predicted molar refractivity (Wildman–Crippen MR) is 72.4 cm³/mol. The second-order valence-corrected chi connectivity index (χ2v) is 4.96. The number of fused-ring (bicyclic) bond motifs is 1. The van der Waals surface area contributed by atoms with Gasteiger partial charge in [0.05, 0.1) is 12.2 Å². The number of para-hydroxylation sites is 1. The smallest absolute Gasteiger partial charge is 0.339 e. The first-order valence-corrected chi connectivity index (χ1v) is 6.68. The highest BCUT2D eigenvalue weighted by molar-refractivity contribution is 6.04. The van der Waals surface area contributed by atoms with Crippen molar-refractivity contribution in [1.29, 1.82) is 0 Å². The fourth-order valence-electron chi connectivity index (χ4n) is 2.63. The largest absolute Gasteiger partial charge is 0.489 e. The highest BCUT2D eigenvalue weighted by Crippen LogP contribution is 2.35. The summed E-state index contributed by atoms with van der Waals surface area (Å²) in [6.45, 7) is 0.560. The van der Waals surface area contributed by atoms with Crippen LogP contribution in [0.2, 0.25) is 0 Å². The fourth-order valence-corrected chi connectivity index (χ4v) is 2.63. The van der Waals surface area contributed by atoms with E-state index in [1.807, 2.05) is 0 Å². The Morgan fingerprint density at radius 2 is 2.19 bits per heavy atom. The number of ether oxygens (including phenoxy) is 1. The van der Waals surface area contributed by atoms with Gasteiger partial charge in [-0.25, -0.2) is 4.79 Å². The van der Waals surface area contributed by atoms with E-state index in [1.165, 1.54) is 11.0 Å². The lowest BCUT2D eigenvalue weighted by atomic mass is 10.1. The Balaban J connectivity index is 1.94. The predicted octanol–water partition coefficient (Wildman–Crippen LogP) is 0.389. The molecule has 1 atom stereocenters. The summed E-state index contributed by atoms with van der Waals surface area (Å²) in [5.74, 6) is -1.27.